The first-order valence-electron chi connectivity index (χ1n) is 10.7. The van der Waals surface area contributed by atoms with Gasteiger partial charge in [-0.05, 0) is 31.9 Å². The molecule has 0 saturated carbocycles. The molecule has 32 heavy (non-hydrogen) atoms. The molecule has 2 aliphatic carbocycles. The second kappa shape index (κ2) is 7.84. The van der Waals surface area contributed by atoms with Crippen LogP contribution in [0.2, 0.25) is 0 Å². The molecule has 5 rings (SSSR count). The summed E-state index contributed by atoms with van der Waals surface area (Å²) >= 11 is 0. The van der Waals surface area contributed by atoms with Gasteiger partial charge in [0.15, 0.2) is 0 Å². The van der Waals surface area contributed by atoms with Gasteiger partial charge in [-0.15, -0.1) is 0 Å². The first-order chi connectivity index (χ1) is 15.5. The topological polar surface area (TPSA) is 100 Å². The normalized spacial score (nSPS) is 21.9. The number of carbonyl (C=O) groups is 2. The Balaban J connectivity index is 1.73. The largest absolute Gasteiger partial charge is 0.497 e. The summed E-state index contributed by atoms with van der Waals surface area (Å²) in [6.07, 6.45) is 12.0. The van der Waals surface area contributed by atoms with Crippen molar-refractivity contribution < 1.29 is 19.4 Å². The minimum Gasteiger partial charge on any atom is -0.497 e. The highest BCUT2D eigenvalue weighted by atomic mass is 16.5. The number of amides is 2. The summed E-state index contributed by atoms with van der Waals surface area (Å²) < 4.78 is 5.43. The summed E-state index contributed by atoms with van der Waals surface area (Å²) in [5, 5.41) is 11.9. The number of methoxy groups -OCH3 is 1. The van der Waals surface area contributed by atoms with E-state index < -0.39 is 11.8 Å². The molecule has 162 valence electrons. The van der Waals surface area contributed by atoms with Crippen molar-refractivity contribution in [2.75, 3.05) is 13.7 Å². The number of nitrogens with zero attached hydrogens (tertiary/aromatic N) is 2. The fourth-order valence-corrected chi connectivity index (χ4v) is 4.72. The van der Waals surface area contributed by atoms with Gasteiger partial charge >= 0.3 is 0 Å². The Kier molecular flexibility index (Phi) is 4.98. The summed E-state index contributed by atoms with van der Waals surface area (Å²) in [6, 6.07) is 0. The summed E-state index contributed by atoms with van der Waals surface area (Å²) in [4.78, 5) is 35.7. The molecule has 0 aromatic carbocycles. The van der Waals surface area contributed by atoms with Gasteiger partial charge in [-0.25, -0.2) is 0 Å². The number of aliphatic hydroxyl groups is 1. The van der Waals surface area contributed by atoms with Gasteiger partial charge < -0.3 is 9.84 Å². The number of imide groups is 1. The van der Waals surface area contributed by atoms with Crippen molar-refractivity contribution in [3.05, 3.63) is 81.0 Å². The molecule has 0 saturated heterocycles. The van der Waals surface area contributed by atoms with Crippen molar-refractivity contribution in [1.29, 1.82) is 0 Å². The van der Waals surface area contributed by atoms with E-state index in [1.807, 2.05) is 37.3 Å². The van der Waals surface area contributed by atoms with Gasteiger partial charge in [0.1, 0.15) is 5.76 Å². The molecular formula is C25H23N3O4. The molecule has 3 aliphatic heterocycles. The first kappa shape index (κ1) is 20.3. The monoisotopic (exact) mass is 429 g/mol. The smallest absolute Gasteiger partial charge is 0.259 e. The zero-order valence-corrected chi connectivity index (χ0v) is 18.0. The van der Waals surface area contributed by atoms with Crippen LogP contribution in [0.5, 0.6) is 0 Å². The Bertz CT molecular complexity index is 1250. The van der Waals surface area contributed by atoms with Crippen LogP contribution >= 0.6 is 0 Å². The third kappa shape index (κ3) is 3.08. The molecule has 0 bridgehead atoms. The SMILES string of the molecule is COC1=CCC2=NC(CCCO)=C(C3=C(C4=C(C)N=C5CC=CC=C54)C(=O)NC3=O)C2=C1. The molecule has 0 spiro atoms. The van der Waals surface area contributed by atoms with Crippen LogP contribution < -0.4 is 5.32 Å². The fraction of sp³-hybridized carbons (Fsp3) is 0.280. The van der Waals surface area contributed by atoms with Crippen LogP contribution in [-0.4, -0.2) is 42.1 Å². The standard InChI is InChI=1S/C25H23N3O4/c1-13-20(15-6-3-4-7-17(15)26-13)22-23(25(31)28-24(22)30)21-16-12-14(32-2)9-10-18(16)27-19(21)8-5-11-29/h3-4,6,9,12,29H,5,7-8,10-11H2,1-2H3,(H,28,30,31). The van der Waals surface area contributed by atoms with Crippen LogP contribution in [0.4, 0.5) is 0 Å². The quantitative estimate of drug-likeness (QED) is 0.634. The molecule has 3 heterocycles. The maximum absolute atomic E-state index is 13.2. The Hall–Kier alpha value is -3.58. The summed E-state index contributed by atoms with van der Waals surface area (Å²) in [7, 11) is 1.60. The van der Waals surface area contributed by atoms with Crippen molar-refractivity contribution in [3.8, 4) is 0 Å². The lowest BCUT2D eigenvalue weighted by Gasteiger charge is -2.16. The molecule has 7 heteroatoms. The number of aliphatic imine (C=N–C) groups is 2. The average Bonchev–Trinajstić information content (AvgIpc) is 3.40. The van der Waals surface area contributed by atoms with Gasteiger partial charge in [-0.3, -0.25) is 24.9 Å². The van der Waals surface area contributed by atoms with E-state index in [9.17, 15) is 14.7 Å². The number of rotatable bonds is 6. The van der Waals surface area contributed by atoms with Crippen molar-refractivity contribution in [2.45, 2.75) is 32.6 Å². The molecule has 0 atom stereocenters. The van der Waals surface area contributed by atoms with E-state index in [1.165, 1.54) is 0 Å². The Morgan fingerprint density at radius 3 is 2.53 bits per heavy atom. The molecule has 2 N–H and O–H groups in total. The van der Waals surface area contributed by atoms with Crippen LogP contribution in [-0.2, 0) is 14.3 Å². The maximum Gasteiger partial charge on any atom is 0.259 e. The number of hydrogen-bond acceptors (Lipinski definition) is 6. The number of fused-ring (bicyclic) bond motifs is 2. The lowest BCUT2D eigenvalue weighted by Crippen LogP contribution is -2.24. The number of nitrogens with one attached hydrogen (secondary N) is 1. The van der Waals surface area contributed by atoms with Gasteiger partial charge in [0, 0.05) is 53.1 Å². The van der Waals surface area contributed by atoms with Gasteiger partial charge in [0.05, 0.1) is 29.7 Å². The molecule has 0 radical (unpaired) electrons. The summed E-state index contributed by atoms with van der Waals surface area (Å²) in [6.45, 7) is 1.88. The van der Waals surface area contributed by atoms with E-state index >= 15 is 0 Å². The lowest BCUT2D eigenvalue weighted by molar-refractivity contribution is -0.124. The fourth-order valence-electron chi connectivity index (χ4n) is 4.72. The van der Waals surface area contributed by atoms with Gasteiger partial charge in [-0.2, -0.15) is 0 Å². The predicted octanol–water partition coefficient (Wildman–Crippen LogP) is 2.90. The summed E-state index contributed by atoms with van der Waals surface area (Å²) in [5.74, 6) is -0.172. The number of allylic oxidation sites excluding steroid dienone is 9. The van der Waals surface area contributed by atoms with Crippen LogP contribution in [0.3, 0.4) is 0 Å². The molecule has 7 nitrogen and oxygen atoms in total. The predicted molar refractivity (Wildman–Crippen MR) is 121 cm³/mol. The third-order valence-corrected chi connectivity index (χ3v) is 6.12. The molecule has 0 aromatic heterocycles. The van der Waals surface area contributed by atoms with Gasteiger partial charge in [-0.1, -0.05) is 18.2 Å². The van der Waals surface area contributed by atoms with Gasteiger partial charge in [0.25, 0.3) is 11.8 Å². The minimum absolute atomic E-state index is 0.0139. The lowest BCUT2D eigenvalue weighted by atomic mass is 9.84. The van der Waals surface area contributed by atoms with Crippen LogP contribution in [0.25, 0.3) is 0 Å². The number of carbonyl (C=O) groups excluding carboxylic acids is 2. The third-order valence-electron chi connectivity index (χ3n) is 6.12. The zero-order valence-electron chi connectivity index (χ0n) is 18.0. The Morgan fingerprint density at radius 1 is 1.03 bits per heavy atom. The van der Waals surface area contributed by atoms with E-state index in [0.717, 1.165) is 28.3 Å². The maximum atomic E-state index is 13.2. The molecule has 0 fully saturated rings. The highest BCUT2D eigenvalue weighted by Crippen LogP contribution is 2.44. The van der Waals surface area contributed by atoms with Crippen LogP contribution in [0, 0.1) is 0 Å². The Morgan fingerprint density at radius 2 is 1.78 bits per heavy atom. The zero-order chi connectivity index (χ0) is 22.4. The molecule has 0 aromatic rings. The second-order valence-corrected chi connectivity index (χ2v) is 8.04. The van der Waals surface area contributed by atoms with E-state index in [1.54, 1.807) is 7.11 Å². The van der Waals surface area contributed by atoms with E-state index in [-0.39, 0.29) is 6.61 Å². The van der Waals surface area contributed by atoms with Crippen molar-refractivity contribution in [2.24, 2.45) is 9.98 Å². The number of hydrogen-bond donors (Lipinski definition) is 2. The molecule has 5 aliphatic rings. The number of aliphatic hydroxyl groups excluding tert-OH is 1. The highest BCUT2D eigenvalue weighted by Gasteiger charge is 2.42. The van der Waals surface area contributed by atoms with Crippen molar-refractivity contribution in [1.82, 2.24) is 5.32 Å². The molecule has 0 unspecified atom stereocenters. The highest BCUT2D eigenvalue weighted by molar-refractivity contribution is 6.28. The van der Waals surface area contributed by atoms with E-state index in [4.69, 9.17) is 9.73 Å². The van der Waals surface area contributed by atoms with Crippen LogP contribution in [0.15, 0.2) is 91.0 Å². The van der Waals surface area contributed by atoms with E-state index in [2.05, 4.69) is 10.3 Å². The van der Waals surface area contributed by atoms with Crippen molar-refractivity contribution >= 4 is 23.2 Å². The molecular weight excluding hydrogens is 406 g/mol. The average molecular weight is 429 g/mol. The molecule has 2 amide bonds. The van der Waals surface area contributed by atoms with Gasteiger partial charge in [0.2, 0.25) is 0 Å². The van der Waals surface area contributed by atoms with Crippen molar-refractivity contribution in [3.63, 3.8) is 0 Å². The second-order valence-electron chi connectivity index (χ2n) is 8.04. The Labute approximate surface area is 185 Å². The number of ether oxygens (including phenoxy) is 1. The minimum atomic E-state index is -0.437. The first-order valence-corrected chi connectivity index (χ1v) is 10.7. The van der Waals surface area contributed by atoms with E-state index in [0.29, 0.717) is 59.4 Å². The summed E-state index contributed by atoms with van der Waals surface area (Å²) in [5.41, 5.74) is 6.86. The van der Waals surface area contributed by atoms with Crippen LogP contribution in [0.1, 0.15) is 32.6 Å².